The highest BCUT2D eigenvalue weighted by Gasteiger charge is 2.24. The van der Waals surface area contributed by atoms with Gasteiger partial charge in [0.2, 0.25) is 0 Å². The summed E-state index contributed by atoms with van der Waals surface area (Å²) in [5, 5.41) is 5.75. The zero-order valence-corrected chi connectivity index (χ0v) is 18.6. The summed E-state index contributed by atoms with van der Waals surface area (Å²) in [4.78, 5) is 24.7. The Morgan fingerprint density at radius 2 is 1.82 bits per heavy atom. The van der Waals surface area contributed by atoms with E-state index < -0.39 is 17.8 Å². The minimum atomic E-state index is -0.496. The number of halogens is 1. The van der Waals surface area contributed by atoms with Crippen LogP contribution < -0.4 is 5.32 Å². The maximum Gasteiger partial charge on any atom is 0.355 e. The summed E-state index contributed by atoms with van der Waals surface area (Å²) in [5.74, 6) is -1.34. The van der Waals surface area contributed by atoms with Gasteiger partial charge in [-0.05, 0) is 41.5 Å². The highest BCUT2D eigenvalue weighted by molar-refractivity contribution is 5.99. The van der Waals surface area contributed by atoms with Crippen molar-refractivity contribution in [3.05, 3.63) is 83.3 Å². The van der Waals surface area contributed by atoms with Crippen LogP contribution in [0.1, 0.15) is 28.5 Å². The minimum absolute atomic E-state index is 0.0376. The van der Waals surface area contributed by atoms with Crippen LogP contribution in [-0.2, 0) is 27.4 Å². The number of benzene rings is 3. The average Bonchev–Trinajstić information content (AvgIpc) is 3.11. The molecule has 0 spiro atoms. The summed E-state index contributed by atoms with van der Waals surface area (Å²) >= 11 is 0. The molecule has 0 amide bonds. The van der Waals surface area contributed by atoms with Crippen molar-refractivity contribution in [2.45, 2.75) is 20.0 Å². The monoisotopic (exact) mass is 448 g/mol. The first-order valence-corrected chi connectivity index (χ1v) is 10.8. The highest BCUT2D eigenvalue weighted by Crippen LogP contribution is 2.30. The fourth-order valence-corrected chi connectivity index (χ4v) is 4.13. The van der Waals surface area contributed by atoms with Gasteiger partial charge in [0.25, 0.3) is 0 Å². The molecule has 0 unspecified atom stereocenters. The lowest BCUT2D eigenvalue weighted by Gasteiger charge is -2.14. The topological polar surface area (TPSA) is 69.6 Å². The van der Waals surface area contributed by atoms with Gasteiger partial charge in [0.15, 0.2) is 0 Å². The molecule has 170 valence electrons. The zero-order valence-electron chi connectivity index (χ0n) is 18.6. The molecular formula is C26H25FN2O4. The number of hydrogen-bond donors (Lipinski definition) is 1. The van der Waals surface area contributed by atoms with E-state index in [1.807, 2.05) is 47.0 Å². The Morgan fingerprint density at radius 1 is 1.03 bits per heavy atom. The van der Waals surface area contributed by atoms with E-state index in [0.29, 0.717) is 28.7 Å². The Balaban J connectivity index is 1.87. The van der Waals surface area contributed by atoms with Crippen LogP contribution in [0.3, 0.4) is 0 Å². The second-order valence-electron chi connectivity index (χ2n) is 7.61. The number of aromatic nitrogens is 1. The van der Waals surface area contributed by atoms with Crippen molar-refractivity contribution in [2.24, 2.45) is 0 Å². The van der Waals surface area contributed by atoms with Crippen molar-refractivity contribution in [3.63, 3.8) is 0 Å². The van der Waals surface area contributed by atoms with E-state index in [1.165, 1.54) is 19.2 Å². The molecule has 0 bridgehead atoms. The summed E-state index contributed by atoms with van der Waals surface area (Å²) < 4.78 is 26.1. The second kappa shape index (κ2) is 9.83. The van der Waals surface area contributed by atoms with Crippen LogP contribution >= 0.6 is 0 Å². The van der Waals surface area contributed by atoms with Crippen LogP contribution in [-0.4, -0.2) is 36.8 Å². The van der Waals surface area contributed by atoms with Gasteiger partial charge in [-0.3, -0.25) is 4.79 Å². The fourth-order valence-electron chi connectivity index (χ4n) is 4.13. The van der Waals surface area contributed by atoms with Gasteiger partial charge in [-0.2, -0.15) is 0 Å². The zero-order chi connectivity index (χ0) is 23.4. The molecule has 7 heteroatoms. The third-order valence-electron chi connectivity index (χ3n) is 5.61. The van der Waals surface area contributed by atoms with Crippen molar-refractivity contribution in [3.8, 4) is 0 Å². The van der Waals surface area contributed by atoms with Crippen LogP contribution in [0.15, 0.2) is 60.7 Å². The molecule has 0 fully saturated rings. The lowest BCUT2D eigenvalue weighted by atomic mass is 10.0. The van der Waals surface area contributed by atoms with Crippen LogP contribution in [0.2, 0.25) is 0 Å². The van der Waals surface area contributed by atoms with E-state index in [0.717, 1.165) is 16.3 Å². The molecule has 33 heavy (non-hydrogen) atoms. The van der Waals surface area contributed by atoms with Crippen LogP contribution in [0.25, 0.3) is 21.7 Å². The van der Waals surface area contributed by atoms with Crippen LogP contribution in [0.4, 0.5) is 4.39 Å². The fraction of sp³-hybridized carbons (Fsp3) is 0.231. The van der Waals surface area contributed by atoms with Crippen LogP contribution in [0.5, 0.6) is 0 Å². The van der Waals surface area contributed by atoms with Gasteiger partial charge in [0, 0.05) is 29.6 Å². The molecule has 0 aliphatic heterocycles. The number of carbonyl (C=O) groups excluding carboxylic acids is 2. The smallest absolute Gasteiger partial charge is 0.355 e. The largest absolute Gasteiger partial charge is 0.468 e. The Hall–Kier alpha value is -3.71. The summed E-state index contributed by atoms with van der Waals surface area (Å²) in [5.41, 5.74) is 2.64. The highest BCUT2D eigenvalue weighted by atomic mass is 19.1. The lowest BCUT2D eigenvalue weighted by Crippen LogP contribution is -2.25. The average molecular weight is 448 g/mol. The number of rotatable bonds is 8. The molecule has 0 aliphatic rings. The summed E-state index contributed by atoms with van der Waals surface area (Å²) in [6, 6.07) is 18.5. The molecule has 0 saturated heterocycles. The number of hydrogen-bond acceptors (Lipinski definition) is 5. The molecule has 1 N–H and O–H groups in total. The van der Waals surface area contributed by atoms with Crippen molar-refractivity contribution in [1.29, 1.82) is 0 Å². The van der Waals surface area contributed by atoms with Crippen molar-refractivity contribution in [2.75, 3.05) is 20.3 Å². The van der Waals surface area contributed by atoms with Gasteiger partial charge in [-0.1, -0.05) is 42.5 Å². The Morgan fingerprint density at radius 3 is 2.61 bits per heavy atom. The van der Waals surface area contributed by atoms with Gasteiger partial charge in [0.1, 0.15) is 11.5 Å². The number of nitrogens with one attached hydrogen (secondary N) is 1. The van der Waals surface area contributed by atoms with E-state index >= 15 is 0 Å². The van der Waals surface area contributed by atoms with E-state index in [4.69, 9.17) is 4.74 Å². The number of nitrogens with zero attached hydrogens (tertiary/aromatic N) is 1. The van der Waals surface area contributed by atoms with Gasteiger partial charge in [-0.25, -0.2) is 9.18 Å². The van der Waals surface area contributed by atoms with Gasteiger partial charge >= 0.3 is 11.9 Å². The van der Waals surface area contributed by atoms with Gasteiger partial charge in [0.05, 0.1) is 20.3 Å². The maximum absolute atomic E-state index is 14.2. The van der Waals surface area contributed by atoms with Crippen molar-refractivity contribution in [1.82, 2.24) is 9.88 Å². The summed E-state index contributed by atoms with van der Waals surface area (Å²) in [6.07, 6.45) is 0. The first kappa shape index (κ1) is 22.5. The molecule has 1 aromatic heterocycles. The molecule has 0 atom stereocenters. The molecule has 0 radical (unpaired) electrons. The molecule has 1 heterocycles. The molecular weight excluding hydrogens is 423 g/mol. The Labute approximate surface area is 190 Å². The number of esters is 2. The molecule has 4 aromatic rings. The Bertz CT molecular complexity index is 1320. The predicted molar refractivity (Wildman–Crippen MR) is 125 cm³/mol. The Kier molecular flexibility index (Phi) is 6.70. The van der Waals surface area contributed by atoms with E-state index in [-0.39, 0.29) is 19.7 Å². The van der Waals surface area contributed by atoms with E-state index in [2.05, 4.69) is 10.1 Å². The molecule has 0 aliphatic carbocycles. The third kappa shape index (κ3) is 4.59. The van der Waals surface area contributed by atoms with E-state index in [1.54, 1.807) is 13.0 Å². The molecule has 6 nitrogen and oxygen atoms in total. The number of methoxy groups -OCH3 is 1. The number of fused-ring (bicyclic) bond motifs is 2. The normalized spacial score (nSPS) is 11.1. The molecule has 0 saturated carbocycles. The standard InChI is InChI=1S/C26H25FN2O4/c1-3-33-26(31)25-22(14-28-15-24(30)32-2)21-13-19(27)11-12-23(21)29(25)16-18-9-6-8-17-7-4-5-10-20(17)18/h4-13,28H,3,14-16H2,1-2H3. The van der Waals surface area contributed by atoms with Gasteiger partial charge in [-0.15, -0.1) is 0 Å². The molecule has 3 aromatic carbocycles. The minimum Gasteiger partial charge on any atom is -0.468 e. The number of ether oxygens (including phenoxy) is 2. The van der Waals surface area contributed by atoms with Crippen molar-refractivity contribution < 1.29 is 23.5 Å². The SMILES string of the molecule is CCOC(=O)c1c(CNCC(=O)OC)c2cc(F)ccc2n1Cc1cccc2ccccc12. The van der Waals surface area contributed by atoms with Crippen LogP contribution in [0, 0.1) is 5.82 Å². The quantitative estimate of drug-likeness (QED) is 0.404. The van der Waals surface area contributed by atoms with Gasteiger partial charge < -0.3 is 19.4 Å². The van der Waals surface area contributed by atoms with E-state index in [9.17, 15) is 14.0 Å². The first-order valence-electron chi connectivity index (χ1n) is 10.8. The summed E-state index contributed by atoms with van der Waals surface area (Å²) in [6.45, 7) is 2.48. The lowest BCUT2D eigenvalue weighted by molar-refractivity contribution is -0.139. The summed E-state index contributed by atoms with van der Waals surface area (Å²) in [7, 11) is 1.31. The predicted octanol–water partition coefficient (Wildman–Crippen LogP) is 4.42. The first-order chi connectivity index (χ1) is 16.0. The third-order valence-corrected chi connectivity index (χ3v) is 5.61. The second-order valence-corrected chi connectivity index (χ2v) is 7.61. The van der Waals surface area contributed by atoms with Crippen molar-refractivity contribution >= 4 is 33.6 Å². The number of carbonyl (C=O) groups is 2. The molecule has 4 rings (SSSR count). The maximum atomic E-state index is 14.2.